The summed E-state index contributed by atoms with van der Waals surface area (Å²) >= 11 is 0. The lowest BCUT2D eigenvalue weighted by Crippen LogP contribution is -2.17. The van der Waals surface area contributed by atoms with Gasteiger partial charge >= 0.3 is 0 Å². The zero-order chi connectivity index (χ0) is 21.0. The van der Waals surface area contributed by atoms with Crippen molar-refractivity contribution in [2.45, 2.75) is 19.9 Å². The van der Waals surface area contributed by atoms with Crippen LogP contribution in [0.25, 0.3) is 28.3 Å². The average molecular weight is 409 g/mol. The third kappa shape index (κ3) is 4.22. The van der Waals surface area contributed by atoms with Gasteiger partial charge in [-0.25, -0.2) is 14.5 Å². The van der Waals surface area contributed by atoms with Crippen LogP contribution in [0, 0.1) is 6.92 Å². The predicted octanol–water partition coefficient (Wildman–Crippen LogP) is 3.82. The van der Waals surface area contributed by atoms with Gasteiger partial charge in [-0.05, 0) is 49.7 Å². The van der Waals surface area contributed by atoms with E-state index < -0.39 is 0 Å². The summed E-state index contributed by atoms with van der Waals surface area (Å²) in [6.45, 7) is 3.52. The number of aryl methyl sites for hydroxylation is 1. The van der Waals surface area contributed by atoms with Crippen LogP contribution in [0.2, 0.25) is 0 Å². The van der Waals surface area contributed by atoms with E-state index in [-0.39, 0.29) is 0 Å². The summed E-state index contributed by atoms with van der Waals surface area (Å²) in [7, 11) is 0. The maximum atomic E-state index is 4.90. The highest BCUT2D eigenvalue weighted by Gasteiger charge is 2.16. The zero-order valence-electron chi connectivity index (χ0n) is 17.3. The molecule has 0 saturated carbocycles. The molecule has 0 aliphatic rings. The van der Waals surface area contributed by atoms with E-state index in [1.165, 1.54) is 5.56 Å². The molecule has 7 heteroatoms. The molecular weight excluding hydrogens is 386 g/mol. The molecule has 0 saturated heterocycles. The number of aromatic nitrogens is 6. The van der Waals surface area contributed by atoms with Crippen molar-refractivity contribution < 1.29 is 0 Å². The monoisotopic (exact) mass is 409 g/mol. The van der Waals surface area contributed by atoms with Gasteiger partial charge in [0.2, 0.25) is 0 Å². The van der Waals surface area contributed by atoms with Crippen LogP contribution < -0.4 is 5.32 Å². The van der Waals surface area contributed by atoms with Gasteiger partial charge in [-0.2, -0.15) is 5.10 Å². The van der Waals surface area contributed by atoms with Crippen molar-refractivity contribution in [3.05, 3.63) is 90.3 Å². The molecule has 7 nitrogen and oxygen atoms in total. The summed E-state index contributed by atoms with van der Waals surface area (Å²) in [6, 6.07) is 20.5. The third-order valence-corrected chi connectivity index (χ3v) is 5.17. The fourth-order valence-electron chi connectivity index (χ4n) is 3.62. The number of benzene rings is 1. The molecular formula is C24H23N7. The van der Waals surface area contributed by atoms with Crippen LogP contribution in [0.3, 0.4) is 0 Å². The zero-order valence-corrected chi connectivity index (χ0v) is 17.3. The minimum absolute atomic E-state index is 0.650. The Morgan fingerprint density at radius 2 is 1.87 bits per heavy atom. The number of nitrogens with zero attached hydrogens (tertiary/aromatic N) is 5. The molecule has 5 rings (SSSR count). The van der Waals surface area contributed by atoms with Gasteiger partial charge in [0.25, 0.3) is 0 Å². The van der Waals surface area contributed by atoms with E-state index in [9.17, 15) is 0 Å². The van der Waals surface area contributed by atoms with Crippen molar-refractivity contribution in [3.63, 3.8) is 0 Å². The van der Waals surface area contributed by atoms with Crippen LogP contribution in [-0.4, -0.2) is 36.1 Å². The van der Waals surface area contributed by atoms with E-state index in [0.29, 0.717) is 6.54 Å². The molecule has 0 amide bonds. The summed E-state index contributed by atoms with van der Waals surface area (Å²) in [5.41, 5.74) is 6.68. The normalized spacial score (nSPS) is 11.3. The fourth-order valence-corrected chi connectivity index (χ4v) is 3.62. The number of fused-ring (bicyclic) bond motifs is 1. The Morgan fingerprint density at radius 3 is 2.74 bits per heavy atom. The van der Waals surface area contributed by atoms with E-state index in [0.717, 1.165) is 52.8 Å². The summed E-state index contributed by atoms with van der Waals surface area (Å²) in [4.78, 5) is 17.3. The van der Waals surface area contributed by atoms with Crippen molar-refractivity contribution in [2.75, 3.05) is 6.54 Å². The number of pyridine rings is 2. The molecule has 31 heavy (non-hydrogen) atoms. The second kappa shape index (κ2) is 8.49. The summed E-state index contributed by atoms with van der Waals surface area (Å²) in [6.07, 6.45) is 4.48. The molecule has 0 unspecified atom stereocenters. The number of hydrogen-bond donors (Lipinski definition) is 2. The number of H-pyrrole nitrogens is 1. The van der Waals surface area contributed by atoms with Crippen LogP contribution in [0.5, 0.6) is 0 Å². The molecule has 0 radical (unpaired) electrons. The standard InChI is InChI=1S/C24H23N7/c1-17-6-5-9-20(28-17)24-23(19-10-11-22-26-16-27-31(22)15-19)29-21(30-24)14-25-13-12-18-7-3-2-4-8-18/h2-11,15-16,25H,12-14H2,1H3,(H,29,30). The first-order chi connectivity index (χ1) is 15.3. The first-order valence-electron chi connectivity index (χ1n) is 10.3. The largest absolute Gasteiger partial charge is 0.339 e. The van der Waals surface area contributed by atoms with Gasteiger partial charge in [0.15, 0.2) is 5.65 Å². The Balaban J connectivity index is 1.42. The van der Waals surface area contributed by atoms with Gasteiger partial charge in [-0.15, -0.1) is 0 Å². The Morgan fingerprint density at radius 1 is 0.968 bits per heavy atom. The van der Waals surface area contributed by atoms with Crippen molar-refractivity contribution in [2.24, 2.45) is 0 Å². The Kier molecular flexibility index (Phi) is 5.24. The maximum Gasteiger partial charge on any atom is 0.155 e. The highest BCUT2D eigenvalue weighted by atomic mass is 15.3. The molecule has 0 aliphatic heterocycles. The summed E-state index contributed by atoms with van der Waals surface area (Å²) in [5.74, 6) is 0.875. The number of imidazole rings is 1. The highest BCUT2D eigenvalue weighted by molar-refractivity contribution is 5.77. The van der Waals surface area contributed by atoms with Gasteiger partial charge in [-0.3, -0.25) is 4.98 Å². The second-order valence-electron chi connectivity index (χ2n) is 7.46. The molecule has 5 aromatic rings. The molecule has 0 fully saturated rings. The van der Waals surface area contributed by atoms with Gasteiger partial charge in [0.05, 0.1) is 23.6 Å². The van der Waals surface area contributed by atoms with E-state index in [4.69, 9.17) is 9.97 Å². The third-order valence-electron chi connectivity index (χ3n) is 5.17. The first-order valence-corrected chi connectivity index (χ1v) is 10.3. The van der Waals surface area contributed by atoms with Gasteiger partial charge in [0.1, 0.15) is 12.2 Å². The number of hydrogen-bond acceptors (Lipinski definition) is 5. The highest BCUT2D eigenvalue weighted by Crippen LogP contribution is 2.29. The van der Waals surface area contributed by atoms with Crippen LogP contribution in [0.15, 0.2) is 73.2 Å². The van der Waals surface area contributed by atoms with Crippen LogP contribution in [-0.2, 0) is 13.0 Å². The number of nitrogens with one attached hydrogen (secondary N) is 2. The molecule has 0 spiro atoms. The van der Waals surface area contributed by atoms with Crippen molar-refractivity contribution in [3.8, 4) is 22.6 Å². The first kappa shape index (κ1) is 19.1. The fraction of sp³-hybridized carbons (Fsp3) is 0.167. The molecule has 0 aliphatic carbocycles. The topological polar surface area (TPSA) is 83.8 Å². The maximum absolute atomic E-state index is 4.90. The summed E-state index contributed by atoms with van der Waals surface area (Å²) < 4.78 is 1.76. The van der Waals surface area contributed by atoms with E-state index in [1.54, 1.807) is 10.8 Å². The minimum atomic E-state index is 0.650. The Bertz CT molecular complexity index is 1300. The van der Waals surface area contributed by atoms with Crippen molar-refractivity contribution in [1.29, 1.82) is 0 Å². The summed E-state index contributed by atoms with van der Waals surface area (Å²) in [5, 5.41) is 7.75. The molecule has 154 valence electrons. The van der Waals surface area contributed by atoms with Gasteiger partial charge in [-0.1, -0.05) is 36.4 Å². The lowest BCUT2D eigenvalue weighted by Gasteiger charge is -2.04. The molecule has 2 N–H and O–H groups in total. The smallest absolute Gasteiger partial charge is 0.155 e. The van der Waals surface area contributed by atoms with Crippen molar-refractivity contribution in [1.82, 2.24) is 34.9 Å². The van der Waals surface area contributed by atoms with Crippen molar-refractivity contribution >= 4 is 5.65 Å². The van der Waals surface area contributed by atoms with Crippen LogP contribution in [0.1, 0.15) is 17.1 Å². The minimum Gasteiger partial charge on any atom is -0.339 e. The number of aromatic amines is 1. The van der Waals surface area contributed by atoms with E-state index in [2.05, 4.69) is 44.6 Å². The molecule has 0 atom stereocenters. The van der Waals surface area contributed by atoms with Crippen LogP contribution >= 0.6 is 0 Å². The second-order valence-corrected chi connectivity index (χ2v) is 7.46. The SMILES string of the molecule is Cc1cccc(-c2[nH]c(CNCCc3ccccc3)nc2-c2ccc3ncnn3c2)n1. The predicted molar refractivity (Wildman–Crippen MR) is 120 cm³/mol. The van der Waals surface area contributed by atoms with Crippen LogP contribution in [0.4, 0.5) is 0 Å². The molecule has 4 heterocycles. The average Bonchev–Trinajstić information content (AvgIpc) is 3.44. The van der Waals surface area contributed by atoms with Gasteiger partial charge in [0, 0.05) is 17.5 Å². The number of rotatable bonds is 7. The lowest BCUT2D eigenvalue weighted by molar-refractivity contribution is 0.665. The van der Waals surface area contributed by atoms with E-state index in [1.807, 2.05) is 49.5 Å². The Labute approximate surface area is 180 Å². The Hall–Kier alpha value is -3.84. The van der Waals surface area contributed by atoms with Gasteiger partial charge < -0.3 is 10.3 Å². The quantitative estimate of drug-likeness (QED) is 0.399. The molecule has 0 bridgehead atoms. The lowest BCUT2D eigenvalue weighted by atomic mass is 10.1. The molecule has 1 aromatic carbocycles. The van der Waals surface area contributed by atoms with E-state index >= 15 is 0 Å². The molecule has 4 aromatic heterocycles.